The second-order valence-electron chi connectivity index (χ2n) is 14.0. The third-order valence-electron chi connectivity index (χ3n) is 11.6. The van der Waals surface area contributed by atoms with Gasteiger partial charge in [0.1, 0.15) is 8.07 Å². The number of allylic oxidation sites excluding steroid dienone is 2. The molecule has 0 atom stereocenters. The average molecular weight is 577 g/mol. The minimum Gasteiger partial charge on any atom is -0.0704 e. The van der Waals surface area contributed by atoms with Crippen LogP contribution in [0.3, 0.4) is 0 Å². The molecule has 0 unspecified atom stereocenters. The van der Waals surface area contributed by atoms with E-state index in [-0.39, 0.29) is 0 Å². The van der Waals surface area contributed by atoms with Crippen LogP contribution in [0, 0.1) is 13.8 Å². The van der Waals surface area contributed by atoms with Crippen molar-refractivity contribution in [2.75, 3.05) is 0 Å². The van der Waals surface area contributed by atoms with Gasteiger partial charge in [0.25, 0.3) is 0 Å². The Morgan fingerprint density at radius 2 is 0.884 bits per heavy atom. The number of hydrogen-bond acceptors (Lipinski definition) is 0. The van der Waals surface area contributed by atoms with Gasteiger partial charge in [-0.25, -0.2) is 0 Å². The SMILES string of the molecule is Cc1ccc(-c2cccc3c2C=C([Si](C2=Cc4c(cccc4-c4ccc(C)cc4)C2)(C2CCCC2)C2CCCC2)C3)cc1. The molecular formula is C42H44Si. The number of aryl methyl sites for hydroxylation is 2. The van der Waals surface area contributed by atoms with Crippen molar-refractivity contribution in [3.8, 4) is 22.3 Å². The smallest absolute Gasteiger partial charge is 0.0704 e. The predicted octanol–water partition coefficient (Wildman–Crippen LogP) is 11.6. The van der Waals surface area contributed by atoms with Crippen molar-refractivity contribution in [3.05, 3.63) is 129 Å². The van der Waals surface area contributed by atoms with Crippen LogP contribution in [0.15, 0.2) is 95.3 Å². The van der Waals surface area contributed by atoms with Crippen LogP contribution in [-0.4, -0.2) is 8.07 Å². The molecule has 43 heavy (non-hydrogen) atoms. The van der Waals surface area contributed by atoms with Gasteiger partial charge in [-0.3, -0.25) is 0 Å². The lowest BCUT2D eigenvalue weighted by atomic mass is 9.97. The maximum Gasteiger partial charge on any atom is 0.115 e. The maximum atomic E-state index is 2.76. The molecule has 4 aromatic rings. The van der Waals surface area contributed by atoms with Crippen LogP contribution in [-0.2, 0) is 12.8 Å². The monoisotopic (exact) mass is 576 g/mol. The Balaban J connectivity index is 1.30. The third-order valence-corrected chi connectivity index (χ3v) is 18.1. The summed E-state index contributed by atoms with van der Waals surface area (Å²) in [6.45, 7) is 4.38. The van der Waals surface area contributed by atoms with Crippen LogP contribution in [0.5, 0.6) is 0 Å². The molecule has 216 valence electrons. The molecule has 4 aromatic carbocycles. The molecule has 2 saturated carbocycles. The van der Waals surface area contributed by atoms with Gasteiger partial charge in [-0.2, -0.15) is 0 Å². The highest BCUT2D eigenvalue weighted by Crippen LogP contribution is 2.60. The molecular weight excluding hydrogens is 533 g/mol. The third kappa shape index (κ3) is 4.54. The van der Waals surface area contributed by atoms with Crippen LogP contribution < -0.4 is 0 Å². The molecule has 0 saturated heterocycles. The summed E-state index contributed by atoms with van der Waals surface area (Å²) in [5, 5.41) is 3.74. The highest BCUT2D eigenvalue weighted by molar-refractivity contribution is 6.96. The Morgan fingerprint density at radius 1 is 0.488 bits per heavy atom. The first-order chi connectivity index (χ1) is 21.1. The molecule has 8 rings (SSSR count). The fourth-order valence-electron chi connectivity index (χ4n) is 9.59. The van der Waals surface area contributed by atoms with E-state index in [1.54, 1.807) is 11.1 Å². The summed E-state index contributed by atoms with van der Waals surface area (Å²) in [5.41, 5.74) is 16.2. The Morgan fingerprint density at radius 3 is 1.28 bits per heavy atom. The topological polar surface area (TPSA) is 0 Å². The van der Waals surface area contributed by atoms with E-state index in [2.05, 4.69) is 111 Å². The Kier molecular flexibility index (Phi) is 6.90. The van der Waals surface area contributed by atoms with E-state index in [0.717, 1.165) is 11.1 Å². The summed E-state index contributed by atoms with van der Waals surface area (Å²) >= 11 is 0. The van der Waals surface area contributed by atoms with Crippen molar-refractivity contribution in [3.63, 3.8) is 0 Å². The molecule has 0 heterocycles. The number of hydrogen-bond donors (Lipinski definition) is 0. The number of rotatable bonds is 6. The molecule has 0 N–H and O–H groups in total. The minimum atomic E-state index is -2.00. The van der Waals surface area contributed by atoms with Crippen molar-refractivity contribution in [1.82, 2.24) is 0 Å². The summed E-state index contributed by atoms with van der Waals surface area (Å²) in [7, 11) is -2.00. The van der Waals surface area contributed by atoms with Gasteiger partial charge in [0, 0.05) is 0 Å². The Hall–Kier alpha value is -3.42. The lowest BCUT2D eigenvalue weighted by Gasteiger charge is -2.45. The van der Waals surface area contributed by atoms with E-state index in [1.807, 2.05) is 10.4 Å². The average Bonchev–Trinajstić information content (AvgIpc) is 3.85. The zero-order valence-electron chi connectivity index (χ0n) is 26.0. The summed E-state index contributed by atoms with van der Waals surface area (Å²) in [6.07, 6.45) is 19.4. The molecule has 0 aromatic heterocycles. The minimum absolute atomic E-state index is 0.891. The van der Waals surface area contributed by atoms with Gasteiger partial charge in [0.15, 0.2) is 0 Å². The van der Waals surface area contributed by atoms with Crippen LogP contribution >= 0.6 is 0 Å². The van der Waals surface area contributed by atoms with Gasteiger partial charge in [-0.15, -0.1) is 0 Å². The first-order valence-electron chi connectivity index (χ1n) is 16.9. The van der Waals surface area contributed by atoms with Gasteiger partial charge in [-0.1, -0.05) is 170 Å². The number of fused-ring (bicyclic) bond motifs is 2. The van der Waals surface area contributed by atoms with E-state index in [1.165, 1.54) is 109 Å². The first-order valence-corrected chi connectivity index (χ1v) is 19.1. The Labute approximate surface area is 259 Å². The standard InChI is InChI=1S/C42H44Si/c1-29-17-21-31(22-18-29)39-15-7-9-33-25-37(27-41(33)39)43(35-11-3-4-12-35,36-13-5-6-14-36)38-26-34-10-8-16-40(42(34)28-38)32-23-19-30(2)20-24-32/h7-10,15-24,27-28,35-36H,3-6,11-14,25-26H2,1-2H3. The highest BCUT2D eigenvalue weighted by atomic mass is 28.3. The molecule has 0 nitrogen and oxygen atoms in total. The van der Waals surface area contributed by atoms with Crippen molar-refractivity contribution >= 4 is 20.2 Å². The van der Waals surface area contributed by atoms with Crippen molar-refractivity contribution in [1.29, 1.82) is 0 Å². The molecule has 0 radical (unpaired) electrons. The molecule has 1 heteroatoms. The zero-order chi connectivity index (χ0) is 29.0. The Bertz CT molecular complexity index is 1590. The summed E-state index contributed by atoms with van der Waals surface area (Å²) < 4.78 is 0. The molecule has 0 bridgehead atoms. The summed E-state index contributed by atoms with van der Waals surface area (Å²) in [5.74, 6) is 0. The largest absolute Gasteiger partial charge is 0.115 e. The van der Waals surface area contributed by atoms with E-state index >= 15 is 0 Å². The van der Waals surface area contributed by atoms with E-state index in [4.69, 9.17) is 0 Å². The van der Waals surface area contributed by atoms with Crippen LogP contribution in [0.25, 0.3) is 34.4 Å². The number of benzene rings is 4. The van der Waals surface area contributed by atoms with E-state index < -0.39 is 8.07 Å². The fourth-order valence-corrected chi connectivity index (χ4v) is 17.1. The molecule has 2 fully saturated rings. The molecule has 0 amide bonds. The summed E-state index contributed by atoms with van der Waals surface area (Å²) in [4.78, 5) is 0. The fraction of sp³-hybridized carbons (Fsp3) is 0.333. The molecule has 4 aliphatic rings. The van der Waals surface area contributed by atoms with Gasteiger partial charge in [-0.05, 0) is 82.3 Å². The molecule has 4 aliphatic carbocycles. The molecule has 0 aliphatic heterocycles. The van der Waals surface area contributed by atoms with Gasteiger partial charge in [0.05, 0.1) is 0 Å². The van der Waals surface area contributed by atoms with E-state index in [9.17, 15) is 0 Å². The molecule has 0 spiro atoms. The van der Waals surface area contributed by atoms with E-state index in [0.29, 0.717) is 0 Å². The second-order valence-corrected chi connectivity index (χ2v) is 18.7. The van der Waals surface area contributed by atoms with Gasteiger partial charge >= 0.3 is 0 Å². The maximum absolute atomic E-state index is 2.76. The summed E-state index contributed by atoms with van der Waals surface area (Å²) in [6, 6.07) is 32.7. The second kappa shape index (κ2) is 10.9. The lowest BCUT2D eigenvalue weighted by Crippen LogP contribution is -2.48. The van der Waals surface area contributed by atoms with Crippen LogP contribution in [0.4, 0.5) is 0 Å². The normalized spacial score (nSPS) is 18.6. The zero-order valence-corrected chi connectivity index (χ0v) is 27.0. The van der Waals surface area contributed by atoms with Crippen LogP contribution in [0.1, 0.15) is 84.7 Å². The quantitative estimate of drug-likeness (QED) is 0.200. The highest BCUT2D eigenvalue weighted by Gasteiger charge is 2.55. The van der Waals surface area contributed by atoms with Crippen molar-refractivity contribution in [2.45, 2.75) is 89.1 Å². The van der Waals surface area contributed by atoms with Crippen molar-refractivity contribution < 1.29 is 0 Å². The first kappa shape index (κ1) is 27.1. The van der Waals surface area contributed by atoms with Gasteiger partial charge in [0.2, 0.25) is 0 Å². The van der Waals surface area contributed by atoms with Crippen LogP contribution in [0.2, 0.25) is 11.1 Å². The van der Waals surface area contributed by atoms with Gasteiger partial charge < -0.3 is 0 Å². The lowest BCUT2D eigenvalue weighted by molar-refractivity contribution is 0.749. The van der Waals surface area contributed by atoms with Crippen molar-refractivity contribution in [2.24, 2.45) is 0 Å². The predicted molar refractivity (Wildman–Crippen MR) is 187 cm³/mol.